The number of hydrogen-bond acceptors (Lipinski definition) is 4. The molecule has 2 atom stereocenters. The molecule has 0 saturated carbocycles. The van der Waals surface area contributed by atoms with Crippen LogP contribution in [0.3, 0.4) is 0 Å². The van der Waals surface area contributed by atoms with E-state index in [4.69, 9.17) is 10.00 Å². The maximum atomic E-state index is 14.3. The van der Waals surface area contributed by atoms with Crippen LogP contribution in [0.2, 0.25) is 0 Å². The molecular weight excluding hydrogens is 269 g/mol. The van der Waals surface area contributed by atoms with Crippen molar-refractivity contribution in [3.63, 3.8) is 0 Å². The van der Waals surface area contributed by atoms with Gasteiger partial charge in [0.15, 0.2) is 6.10 Å². The zero-order chi connectivity index (χ0) is 15.2. The van der Waals surface area contributed by atoms with Crippen molar-refractivity contribution < 1.29 is 9.13 Å². The molecule has 1 saturated heterocycles. The van der Waals surface area contributed by atoms with Crippen molar-refractivity contribution >= 4 is 5.69 Å². The molecule has 4 nitrogen and oxygen atoms in total. The first-order chi connectivity index (χ1) is 10.2. The number of halogens is 1. The third kappa shape index (κ3) is 3.72. The smallest absolute Gasteiger partial charge is 0.161 e. The van der Waals surface area contributed by atoms with Crippen LogP contribution in [0.15, 0.2) is 18.2 Å². The molecule has 0 aliphatic carbocycles. The van der Waals surface area contributed by atoms with Crippen molar-refractivity contribution in [2.75, 3.05) is 31.1 Å². The summed E-state index contributed by atoms with van der Waals surface area (Å²) in [7, 11) is 0. The van der Waals surface area contributed by atoms with Crippen LogP contribution in [0.1, 0.15) is 31.9 Å². The second kappa shape index (κ2) is 7.39. The quantitative estimate of drug-likeness (QED) is 0.906. The first-order valence-electron chi connectivity index (χ1n) is 7.45. The fraction of sp³-hybridized carbons (Fsp3) is 0.562. The summed E-state index contributed by atoms with van der Waals surface area (Å²) < 4.78 is 19.7. The minimum Gasteiger partial charge on any atom is -0.365 e. The highest BCUT2D eigenvalue weighted by Gasteiger charge is 2.24. The Morgan fingerprint density at radius 3 is 3.10 bits per heavy atom. The van der Waals surface area contributed by atoms with E-state index in [1.54, 1.807) is 6.07 Å². The predicted octanol–water partition coefficient (Wildman–Crippen LogP) is 2.62. The highest BCUT2D eigenvalue weighted by molar-refractivity contribution is 5.56. The van der Waals surface area contributed by atoms with Crippen molar-refractivity contribution in [1.82, 2.24) is 5.32 Å². The van der Waals surface area contributed by atoms with E-state index >= 15 is 0 Å². The number of nitriles is 1. The Bertz CT molecular complexity index is 515. The van der Waals surface area contributed by atoms with Gasteiger partial charge in [-0.1, -0.05) is 13.0 Å². The van der Waals surface area contributed by atoms with Crippen LogP contribution in [0.25, 0.3) is 0 Å². The Labute approximate surface area is 125 Å². The molecule has 21 heavy (non-hydrogen) atoms. The molecule has 0 radical (unpaired) electrons. The lowest BCUT2D eigenvalue weighted by atomic mass is 10.0. The molecule has 1 aliphatic rings. The zero-order valence-electron chi connectivity index (χ0n) is 12.6. The van der Waals surface area contributed by atoms with Crippen molar-refractivity contribution in [3.8, 4) is 6.07 Å². The Morgan fingerprint density at radius 2 is 2.38 bits per heavy atom. The summed E-state index contributed by atoms with van der Waals surface area (Å²) in [5.74, 6) is -0.205. The number of hydrogen-bond donors (Lipinski definition) is 1. The minimum absolute atomic E-state index is 0.0652. The molecule has 2 rings (SSSR count). The summed E-state index contributed by atoms with van der Waals surface area (Å²) in [5, 5.41) is 12.3. The number of nitrogens with one attached hydrogen (secondary N) is 1. The Morgan fingerprint density at radius 1 is 1.57 bits per heavy atom. The standard InChI is InChI=1S/C16H22FN3O/c1-3-7-19-12(2)16-14(17)5-4-6-15(16)20-8-9-21-13(10-18)11-20/h4-6,12-13,19H,3,7-9,11H2,1-2H3. The number of benzene rings is 1. The molecular formula is C16H22FN3O. The molecule has 0 spiro atoms. The number of morpholine rings is 1. The van der Waals surface area contributed by atoms with Gasteiger partial charge in [0, 0.05) is 23.8 Å². The first kappa shape index (κ1) is 15.7. The van der Waals surface area contributed by atoms with Crippen molar-refractivity contribution in [3.05, 3.63) is 29.6 Å². The van der Waals surface area contributed by atoms with Crippen molar-refractivity contribution in [2.45, 2.75) is 32.4 Å². The molecule has 1 aliphatic heterocycles. The second-order valence-electron chi connectivity index (χ2n) is 5.28. The molecule has 0 aromatic heterocycles. The van der Waals surface area contributed by atoms with Crippen LogP contribution < -0.4 is 10.2 Å². The topological polar surface area (TPSA) is 48.3 Å². The number of nitrogens with zero attached hydrogens (tertiary/aromatic N) is 2. The highest BCUT2D eigenvalue weighted by atomic mass is 19.1. The first-order valence-corrected chi connectivity index (χ1v) is 7.45. The Balaban J connectivity index is 2.26. The van der Waals surface area contributed by atoms with Gasteiger partial charge < -0.3 is 15.0 Å². The average Bonchev–Trinajstić information content (AvgIpc) is 2.52. The second-order valence-corrected chi connectivity index (χ2v) is 5.28. The van der Waals surface area contributed by atoms with E-state index < -0.39 is 6.10 Å². The SMILES string of the molecule is CCCNC(C)c1c(F)cccc1N1CCOC(C#N)C1. The molecule has 0 bridgehead atoms. The van der Waals surface area contributed by atoms with Crippen LogP contribution in [-0.4, -0.2) is 32.3 Å². The summed E-state index contributed by atoms with van der Waals surface area (Å²) in [6, 6.07) is 7.19. The third-order valence-corrected chi connectivity index (χ3v) is 3.71. The summed E-state index contributed by atoms with van der Waals surface area (Å²) in [6.07, 6.45) is 0.552. The fourth-order valence-electron chi connectivity index (χ4n) is 2.64. The van der Waals surface area contributed by atoms with Crippen LogP contribution >= 0.6 is 0 Å². The molecule has 1 N–H and O–H groups in total. The van der Waals surface area contributed by atoms with Crippen molar-refractivity contribution in [1.29, 1.82) is 5.26 Å². The highest BCUT2D eigenvalue weighted by Crippen LogP contribution is 2.30. The van der Waals surface area contributed by atoms with E-state index in [9.17, 15) is 4.39 Å². The van der Waals surface area contributed by atoms with E-state index in [-0.39, 0.29) is 11.9 Å². The van der Waals surface area contributed by atoms with E-state index in [0.717, 1.165) is 18.7 Å². The zero-order valence-corrected chi connectivity index (χ0v) is 12.6. The van der Waals surface area contributed by atoms with Crippen LogP contribution in [-0.2, 0) is 4.74 Å². The van der Waals surface area contributed by atoms with Crippen LogP contribution in [0.5, 0.6) is 0 Å². The predicted molar refractivity (Wildman–Crippen MR) is 80.7 cm³/mol. The Kier molecular flexibility index (Phi) is 5.54. The van der Waals surface area contributed by atoms with Crippen LogP contribution in [0, 0.1) is 17.1 Å². The van der Waals surface area contributed by atoms with Gasteiger partial charge in [0.05, 0.1) is 19.2 Å². The normalized spacial score (nSPS) is 20.1. The average molecular weight is 291 g/mol. The fourth-order valence-corrected chi connectivity index (χ4v) is 2.64. The Hall–Kier alpha value is -1.64. The molecule has 2 unspecified atom stereocenters. The van der Waals surface area contributed by atoms with Gasteiger partial charge in [-0.2, -0.15) is 5.26 Å². The van der Waals surface area contributed by atoms with Gasteiger partial charge in [-0.25, -0.2) is 4.39 Å². The third-order valence-electron chi connectivity index (χ3n) is 3.71. The van der Waals surface area contributed by atoms with Crippen molar-refractivity contribution in [2.24, 2.45) is 0 Å². The number of rotatable bonds is 5. The molecule has 1 fully saturated rings. The lowest BCUT2D eigenvalue weighted by molar-refractivity contribution is 0.0763. The van der Waals surface area contributed by atoms with Gasteiger partial charge in [-0.05, 0) is 32.0 Å². The van der Waals surface area contributed by atoms with E-state index in [1.165, 1.54) is 6.07 Å². The molecule has 1 heterocycles. The van der Waals surface area contributed by atoms with E-state index in [0.29, 0.717) is 25.3 Å². The van der Waals surface area contributed by atoms with Crippen LogP contribution in [0.4, 0.5) is 10.1 Å². The van der Waals surface area contributed by atoms with Gasteiger partial charge in [-0.15, -0.1) is 0 Å². The van der Waals surface area contributed by atoms with Gasteiger partial charge >= 0.3 is 0 Å². The monoisotopic (exact) mass is 291 g/mol. The molecule has 0 amide bonds. The van der Waals surface area contributed by atoms with E-state index in [1.807, 2.05) is 17.9 Å². The largest absolute Gasteiger partial charge is 0.365 e. The summed E-state index contributed by atoms with van der Waals surface area (Å²) >= 11 is 0. The minimum atomic E-state index is -0.450. The maximum Gasteiger partial charge on any atom is 0.161 e. The lowest BCUT2D eigenvalue weighted by Gasteiger charge is -2.34. The van der Waals surface area contributed by atoms with Gasteiger partial charge in [-0.3, -0.25) is 0 Å². The van der Waals surface area contributed by atoms with Gasteiger partial charge in [0.1, 0.15) is 5.82 Å². The molecule has 1 aromatic carbocycles. The summed E-state index contributed by atoms with van der Waals surface area (Å²) in [5.41, 5.74) is 1.53. The number of ether oxygens (including phenoxy) is 1. The van der Waals surface area contributed by atoms with Gasteiger partial charge in [0.25, 0.3) is 0 Å². The molecule has 5 heteroatoms. The number of anilines is 1. The summed E-state index contributed by atoms with van der Waals surface area (Å²) in [4.78, 5) is 2.04. The molecule has 1 aromatic rings. The van der Waals surface area contributed by atoms with Gasteiger partial charge in [0.2, 0.25) is 0 Å². The molecule has 114 valence electrons. The summed E-state index contributed by atoms with van der Waals surface area (Å²) in [6.45, 7) is 6.55. The maximum absolute atomic E-state index is 14.3. The van der Waals surface area contributed by atoms with E-state index in [2.05, 4.69) is 18.3 Å². The lowest BCUT2D eigenvalue weighted by Crippen LogP contribution is -2.42.